The van der Waals surface area contributed by atoms with Gasteiger partial charge >= 0.3 is 0 Å². The molecule has 1 aliphatic rings. The number of aliphatic hydroxyl groups excluding tert-OH is 1. The number of halogens is 2. The third kappa shape index (κ3) is 5.60. The van der Waals surface area contributed by atoms with Crippen molar-refractivity contribution in [1.82, 2.24) is 15.2 Å². The fraction of sp³-hybridized carbons (Fsp3) is 0.265. The summed E-state index contributed by atoms with van der Waals surface area (Å²) in [7, 11) is 3.66. The van der Waals surface area contributed by atoms with Crippen LogP contribution in [0.3, 0.4) is 0 Å². The molecule has 0 bridgehead atoms. The normalized spacial score (nSPS) is 16.0. The van der Waals surface area contributed by atoms with Crippen LogP contribution in [0, 0.1) is 11.6 Å². The number of hydrogen-bond acceptors (Lipinski definition) is 6. The molecule has 1 aliphatic heterocycles. The number of aromatic amines is 1. The fourth-order valence-electron chi connectivity index (χ4n) is 6.09. The van der Waals surface area contributed by atoms with Gasteiger partial charge in [-0.1, -0.05) is 24.1 Å². The largest absolute Gasteiger partial charge is 0.456 e. The lowest BCUT2D eigenvalue weighted by atomic mass is 9.87. The Labute approximate surface area is 259 Å². The van der Waals surface area contributed by atoms with E-state index in [0.717, 1.165) is 40.6 Å². The van der Waals surface area contributed by atoms with Gasteiger partial charge in [-0.2, -0.15) is 0 Å². The number of hydrogen-bond donors (Lipinski definition) is 3. The van der Waals surface area contributed by atoms with Crippen LogP contribution in [-0.4, -0.2) is 54.3 Å². The van der Waals surface area contributed by atoms with Crippen molar-refractivity contribution in [2.24, 2.45) is 0 Å². The van der Waals surface area contributed by atoms with Crippen LogP contribution in [0.5, 0.6) is 0 Å². The molecule has 2 aromatic heterocycles. The first-order valence-electron chi connectivity index (χ1n) is 14.5. The number of nitrogens with zero attached hydrogens (tertiary/aromatic N) is 2. The Bertz CT molecular complexity index is 1790. The van der Waals surface area contributed by atoms with E-state index in [1.165, 1.54) is 24.3 Å². The summed E-state index contributed by atoms with van der Waals surface area (Å²) < 4.78 is 35.7. The first kappa shape index (κ1) is 29.9. The van der Waals surface area contributed by atoms with Gasteiger partial charge in [0.1, 0.15) is 29.2 Å². The summed E-state index contributed by atoms with van der Waals surface area (Å²) in [6.45, 7) is 1.14. The number of amides is 1. The molecular formula is C34H34F2N4O3S. The maximum absolute atomic E-state index is 13.9. The minimum Gasteiger partial charge on any atom is -0.456 e. The third-order valence-electron chi connectivity index (χ3n) is 8.42. The number of furan rings is 1. The minimum absolute atomic E-state index is 0.0265. The van der Waals surface area contributed by atoms with Gasteiger partial charge in [-0.15, -0.1) is 0 Å². The Morgan fingerprint density at radius 3 is 2.43 bits per heavy atom. The lowest BCUT2D eigenvalue weighted by Gasteiger charge is -2.35. The number of aliphatic hydroxyl groups is 1. The van der Waals surface area contributed by atoms with E-state index in [-0.39, 0.29) is 23.5 Å². The summed E-state index contributed by atoms with van der Waals surface area (Å²) in [6, 6.07) is 16.2. The lowest BCUT2D eigenvalue weighted by molar-refractivity contribution is 0.0708. The average molecular weight is 617 g/mol. The highest BCUT2D eigenvalue weighted by molar-refractivity contribution is 7.99. The monoisotopic (exact) mass is 616 g/mol. The second-order valence-electron chi connectivity index (χ2n) is 11.0. The maximum atomic E-state index is 13.9. The van der Waals surface area contributed by atoms with Gasteiger partial charge in [0.2, 0.25) is 0 Å². The molecule has 2 unspecified atom stereocenters. The van der Waals surface area contributed by atoms with Crippen molar-refractivity contribution >= 4 is 34.5 Å². The van der Waals surface area contributed by atoms with E-state index in [2.05, 4.69) is 20.7 Å². The van der Waals surface area contributed by atoms with E-state index in [9.17, 15) is 18.7 Å². The summed E-state index contributed by atoms with van der Waals surface area (Å²) in [5.41, 5.74) is 5.91. The maximum Gasteiger partial charge on any atom is 0.256 e. The molecule has 7 nitrogen and oxygen atoms in total. The molecule has 6 rings (SSSR count). The van der Waals surface area contributed by atoms with Crippen LogP contribution in [0.2, 0.25) is 0 Å². The Balaban J connectivity index is 1.39. The number of fused-ring (bicyclic) bond motifs is 1. The summed E-state index contributed by atoms with van der Waals surface area (Å²) in [5, 5.41) is 14.7. The van der Waals surface area contributed by atoms with Gasteiger partial charge in [0.15, 0.2) is 0 Å². The minimum atomic E-state index is -1.02. The van der Waals surface area contributed by atoms with Crippen molar-refractivity contribution in [2.75, 3.05) is 37.7 Å². The van der Waals surface area contributed by atoms with Gasteiger partial charge in [-0.25, -0.2) is 8.78 Å². The first-order valence-corrected chi connectivity index (χ1v) is 15.7. The molecule has 3 aromatic carbocycles. The summed E-state index contributed by atoms with van der Waals surface area (Å²) in [6.07, 6.45) is 6.16. The molecule has 0 aliphatic carbocycles. The second-order valence-corrected chi connectivity index (χ2v) is 11.9. The van der Waals surface area contributed by atoms with Gasteiger partial charge < -0.3 is 23.7 Å². The molecule has 10 heteroatoms. The number of likely N-dealkylation sites (tertiary alicyclic amines) is 1. The highest BCUT2D eigenvalue weighted by Crippen LogP contribution is 2.44. The van der Waals surface area contributed by atoms with Crippen LogP contribution in [-0.2, 0) is 0 Å². The molecule has 0 radical (unpaired) electrons. The average Bonchev–Trinajstić information content (AvgIpc) is 3.69. The predicted molar refractivity (Wildman–Crippen MR) is 172 cm³/mol. The van der Waals surface area contributed by atoms with Crippen LogP contribution in [0.15, 0.2) is 77.5 Å². The van der Waals surface area contributed by atoms with E-state index in [1.54, 1.807) is 55.7 Å². The summed E-state index contributed by atoms with van der Waals surface area (Å²) >= 11 is 1.57. The molecule has 2 atom stereocenters. The number of nitrogens with one attached hydrogen (secondary N) is 2. The summed E-state index contributed by atoms with van der Waals surface area (Å²) in [5.74, 6) is -0.264. The quantitative estimate of drug-likeness (QED) is 0.125. The van der Waals surface area contributed by atoms with Crippen LogP contribution < -0.4 is 9.62 Å². The molecule has 0 spiro atoms. The van der Waals surface area contributed by atoms with E-state index >= 15 is 0 Å². The molecule has 3 heterocycles. The van der Waals surface area contributed by atoms with Crippen molar-refractivity contribution in [3.63, 3.8) is 0 Å². The van der Waals surface area contributed by atoms with Crippen LogP contribution in [0.4, 0.5) is 14.5 Å². The number of anilines is 1. The van der Waals surface area contributed by atoms with Crippen molar-refractivity contribution < 1.29 is 23.1 Å². The Morgan fingerprint density at radius 2 is 1.77 bits per heavy atom. The van der Waals surface area contributed by atoms with Gasteiger partial charge in [-0.3, -0.25) is 10.1 Å². The molecule has 5 aromatic rings. The van der Waals surface area contributed by atoms with E-state index in [4.69, 9.17) is 4.42 Å². The SMILES string of the molecule is CNC(O)c1c(-c2ccc(F)cc2)oc2cc(N(C)SC)c(C3CCCN(C(=O)c4c[nH]cc4-c4ccc(F)cc4)C3)cc12. The zero-order valence-corrected chi connectivity index (χ0v) is 25.6. The smallest absolute Gasteiger partial charge is 0.256 e. The number of piperidine rings is 1. The van der Waals surface area contributed by atoms with Gasteiger partial charge in [0.25, 0.3) is 5.91 Å². The molecular weight excluding hydrogens is 582 g/mol. The molecule has 3 N–H and O–H groups in total. The van der Waals surface area contributed by atoms with Crippen molar-refractivity contribution in [2.45, 2.75) is 25.0 Å². The van der Waals surface area contributed by atoms with E-state index in [1.807, 2.05) is 24.3 Å². The zero-order valence-electron chi connectivity index (χ0n) is 24.7. The fourth-order valence-corrected chi connectivity index (χ4v) is 6.45. The Morgan fingerprint density at radius 1 is 1.09 bits per heavy atom. The standard InChI is InChI=1S/C34H34F2N4O3S/c1-37-33(41)31-26-15-25(29(39(2)44-3)16-30(26)43-32(31)21-8-12-24(36)13-9-21)22-5-4-14-40(19-22)34(42)28-18-38-17-27(28)20-6-10-23(35)11-7-20/h6-13,15-18,22,33,37-38,41H,4-5,14,19H2,1-3H3. The van der Waals surface area contributed by atoms with Gasteiger partial charge in [0.05, 0.1) is 11.3 Å². The number of carbonyl (C=O) groups is 1. The number of rotatable bonds is 8. The second kappa shape index (κ2) is 12.5. The molecule has 0 saturated carbocycles. The molecule has 1 saturated heterocycles. The van der Waals surface area contributed by atoms with Crippen molar-refractivity contribution in [3.05, 3.63) is 101 Å². The highest BCUT2D eigenvalue weighted by atomic mass is 32.2. The van der Waals surface area contributed by atoms with E-state index < -0.39 is 6.23 Å². The van der Waals surface area contributed by atoms with Crippen LogP contribution in [0.1, 0.15) is 46.5 Å². The molecule has 1 fully saturated rings. The third-order valence-corrected chi connectivity index (χ3v) is 9.17. The Hall–Kier alpha value is -4.12. The molecule has 228 valence electrons. The molecule has 44 heavy (non-hydrogen) atoms. The Kier molecular flexibility index (Phi) is 8.48. The van der Waals surface area contributed by atoms with E-state index in [0.29, 0.717) is 41.1 Å². The number of aromatic nitrogens is 1. The van der Waals surface area contributed by atoms with Gasteiger partial charge in [-0.05, 0) is 73.5 Å². The van der Waals surface area contributed by atoms with Crippen LogP contribution in [0.25, 0.3) is 33.4 Å². The summed E-state index contributed by atoms with van der Waals surface area (Å²) in [4.78, 5) is 18.8. The highest BCUT2D eigenvalue weighted by Gasteiger charge is 2.31. The predicted octanol–water partition coefficient (Wildman–Crippen LogP) is 7.32. The van der Waals surface area contributed by atoms with Crippen molar-refractivity contribution in [3.8, 4) is 22.5 Å². The lowest BCUT2D eigenvalue weighted by Crippen LogP contribution is -2.39. The van der Waals surface area contributed by atoms with Crippen molar-refractivity contribution in [1.29, 1.82) is 0 Å². The first-order chi connectivity index (χ1) is 21.3. The zero-order chi connectivity index (χ0) is 31.0. The number of benzene rings is 3. The van der Waals surface area contributed by atoms with Gasteiger partial charge in [0, 0.05) is 72.8 Å². The molecule has 1 amide bonds. The van der Waals surface area contributed by atoms with Crippen LogP contribution >= 0.6 is 11.9 Å². The number of H-pyrrole nitrogens is 1. The number of carbonyl (C=O) groups excluding carboxylic acids is 1. The topological polar surface area (TPSA) is 84.7 Å².